The quantitative estimate of drug-likeness (QED) is 0.673. The van der Waals surface area contributed by atoms with Crippen molar-refractivity contribution in [2.75, 3.05) is 18.0 Å². The summed E-state index contributed by atoms with van der Waals surface area (Å²) in [6.45, 7) is 2.52. The fourth-order valence-electron chi connectivity index (χ4n) is 3.47. The van der Waals surface area contributed by atoms with E-state index in [1.165, 1.54) is 17.4 Å². The molecule has 4 rings (SSSR count). The van der Waals surface area contributed by atoms with Gasteiger partial charge in [-0.1, -0.05) is 11.6 Å². The third-order valence-corrected chi connectivity index (χ3v) is 6.04. The molecule has 2 aromatic heterocycles. The van der Waals surface area contributed by atoms with E-state index in [1.54, 1.807) is 40.5 Å². The lowest BCUT2D eigenvalue weighted by atomic mass is 10.1. The molecule has 7 nitrogen and oxygen atoms in total. The van der Waals surface area contributed by atoms with E-state index in [-0.39, 0.29) is 23.8 Å². The predicted octanol–water partition coefficient (Wildman–Crippen LogP) is 2.43. The Morgan fingerprint density at radius 1 is 1.31 bits per heavy atom. The zero-order chi connectivity index (χ0) is 20.5. The first-order valence-corrected chi connectivity index (χ1v) is 10.5. The van der Waals surface area contributed by atoms with Gasteiger partial charge in [0.15, 0.2) is 4.96 Å². The van der Waals surface area contributed by atoms with Crippen molar-refractivity contribution in [3.63, 3.8) is 0 Å². The molecular weight excluding hydrogens is 412 g/mol. The Hall–Kier alpha value is -2.71. The first-order chi connectivity index (χ1) is 13.9. The van der Waals surface area contributed by atoms with Crippen LogP contribution in [-0.4, -0.2) is 34.3 Å². The van der Waals surface area contributed by atoms with Crippen molar-refractivity contribution in [2.45, 2.75) is 19.8 Å². The highest BCUT2D eigenvalue weighted by Gasteiger charge is 2.34. The van der Waals surface area contributed by atoms with Crippen LogP contribution in [0.4, 0.5) is 5.69 Å². The van der Waals surface area contributed by atoms with Crippen molar-refractivity contribution >= 4 is 45.4 Å². The minimum Gasteiger partial charge on any atom is -0.355 e. The molecule has 3 heterocycles. The van der Waals surface area contributed by atoms with Gasteiger partial charge in [-0.25, -0.2) is 4.98 Å². The van der Waals surface area contributed by atoms with Gasteiger partial charge in [-0.15, -0.1) is 11.3 Å². The molecule has 150 valence electrons. The lowest BCUT2D eigenvalue weighted by Gasteiger charge is -2.16. The molecule has 0 bridgehead atoms. The number of carbonyl (C=O) groups excluding carboxylic acids is 2. The summed E-state index contributed by atoms with van der Waals surface area (Å²) < 4.78 is 1.57. The Balaban J connectivity index is 1.36. The standard InChI is InChI=1S/C20H19ClN4O3S/c1-12-8-18(27)25-16(11-29-20(25)23-12)6-7-22-19(28)13-9-17(26)24(10-13)15-4-2-14(21)3-5-15/h2-5,8,11,13H,6-7,9-10H2,1H3,(H,22,28). The van der Waals surface area contributed by atoms with E-state index in [0.29, 0.717) is 35.2 Å². The molecule has 1 N–H and O–H groups in total. The number of carbonyl (C=O) groups is 2. The average molecular weight is 431 g/mol. The molecule has 0 spiro atoms. The second-order valence-corrected chi connectivity index (χ2v) is 8.28. The van der Waals surface area contributed by atoms with Crippen molar-refractivity contribution in [3.05, 3.63) is 62.5 Å². The number of benzene rings is 1. The number of amides is 2. The van der Waals surface area contributed by atoms with E-state index in [0.717, 1.165) is 11.4 Å². The summed E-state index contributed by atoms with van der Waals surface area (Å²) in [7, 11) is 0. The molecule has 1 saturated heterocycles. The number of aryl methyl sites for hydroxylation is 1. The summed E-state index contributed by atoms with van der Waals surface area (Å²) in [6.07, 6.45) is 0.691. The van der Waals surface area contributed by atoms with Crippen molar-refractivity contribution in [3.8, 4) is 0 Å². The van der Waals surface area contributed by atoms with Crippen molar-refractivity contribution < 1.29 is 9.59 Å². The van der Waals surface area contributed by atoms with E-state index >= 15 is 0 Å². The van der Waals surface area contributed by atoms with Gasteiger partial charge >= 0.3 is 0 Å². The van der Waals surface area contributed by atoms with Gasteiger partial charge in [0.1, 0.15) is 0 Å². The molecule has 2 amide bonds. The molecule has 0 radical (unpaired) electrons. The van der Waals surface area contributed by atoms with Crippen molar-refractivity contribution in [1.29, 1.82) is 0 Å². The average Bonchev–Trinajstić information content (AvgIpc) is 3.26. The minimum absolute atomic E-state index is 0.0794. The normalized spacial score (nSPS) is 16.6. The number of rotatable bonds is 5. The lowest BCUT2D eigenvalue weighted by Crippen LogP contribution is -2.34. The number of nitrogens with one attached hydrogen (secondary N) is 1. The second kappa shape index (κ2) is 7.96. The lowest BCUT2D eigenvalue weighted by molar-refractivity contribution is -0.126. The molecule has 0 saturated carbocycles. The van der Waals surface area contributed by atoms with Crippen molar-refractivity contribution in [2.24, 2.45) is 5.92 Å². The Kier molecular flexibility index (Phi) is 5.38. The Morgan fingerprint density at radius 3 is 2.83 bits per heavy atom. The van der Waals surface area contributed by atoms with E-state index < -0.39 is 5.92 Å². The fourth-order valence-corrected chi connectivity index (χ4v) is 4.57. The summed E-state index contributed by atoms with van der Waals surface area (Å²) >= 11 is 7.30. The van der Waals surface area contributed by atoms with E-state index in [2.05, 4.69) is 10.3 Å². The predicted molar refractivity (Wildman–Crippen MR) is 113 cm³/mol. The first kappa shape index (κ1) is 19.6. The summed E-state index contributed by atoms with van der Waals surface area (Å²) in [4.78, 5) is 43.7. The molecule has 29 heavy (non-hydrogen) atoms. The molecule has 1 aliphatic rings. The van der Waals surface area contributed by atoms with Crippen LogP contribution in [0.2, 0.25) is 5.02 Å². The number of halogens is 1. The molecule has 1 aromatic carbocycles. The molecular formula is C20H19ClN4O3S. The summed E-state index contributed by atoms with van der Waals surface area (Å²) in [6, 6.07) is 8.49. The maximum atomic E-state index is 12.5. The molecule has 9 heteroatoms. The van der Waals surface area contributed by atoms with E-state index in [4.69, 9.17) is 11.6 Å². The van der Waals surface area contributed by atoms with Gasteiger partial charge in [0.2, 0.25) is 11.8 Å². The fraction of sp³-hybridized carbons (Fsp3) is 0.300. The zero-order valence-electron chi connectivity index (χ0n) is 15.7. The van der Waals surface area contributed by atoms with Gasteiger partial charge in [0.05, 0.1) is 5.92 Å². The van der Waals surface area contributed by atoms with Gasteiger partial charge in [-0.05, 0) is 31.2 Å². The number of anilines is 1. The van der Waals surface area contributed by atoms with Crippen LogP contribution in [0.1, 0.15) is 17.8 Å². The molecule has 1 atom stereocenters. The van der Waals surface area contributed by atoms with Gasteiger partial charge in [0.25, 0.3) is 5.56 Å². The summed E-state index contributed by atoms with van der Waals surface area (Å²) in [5.74, 6) is -0.635. The summed E-state index contributed by atoms with van der Waals surface area (Å²) in [5, 5.41) is 5.37. The smallest absolute Gasteiger partial charge is 0.258 e. The van der Waals surface area contributed by atoms with Crippen molar-refractivity contribution in [1.82, 2.24) is 14.7 Å². The number of thiazole rings is 1. The molecule has 1 unspecified atom stereocenters. The minimum atomic E-state index is -0.399. The van der Waals surface area contributed by atoms with E-state index in [1.807, 2.05) is 5.38 Å². The largest absolute Gasteiger partial charge is 0.355 e. The Bertz CT molecular complexity index is 1140. The monoisotopic (exact) mass is 430 g/mol. The van der Waals surface area contributed by atoms with Crippen LogP contribution in [0.15, 0.2) is 40.5 Å². The van der Waals surface area contributed by atoms with Crippen LogP contribution in [-0.2, 0) is 16.0 Å². The van der Waals surface area contributed by atoms with E-state index in [9.17, 15) is 14.4 Å². The Morgan fingerprint density at radius 2 is 2.07 bits per heavy atom. The van der Waals surface area contributed by atoms with Crippen LogP contribution in [0.5, 0.6) is 0 Å². The molecule has 3 aromatic rings. The highest BCUT2D eigenvalue weighted by Crippen LogP contribution is 2.26. The van der Waals surface area contributed by atoms with Crippen LogP contribution < -0.4 is 15.8 Å². The topological polar surface area (TPSA) is 83.8 Å². The third-order valence-electron chi connectivity index (χ3n) is 4.92. The third kappa shape index (κ3) is 4.04. The van der Waals surface area contributed by atoms with Gasteiger partial charge in [0, 0.05) is 59.5 Å². The highest BCUT2D eigenvalue weighted by molar-refractivity contribution is 7.15. The van der Waals surface area contributed by atoms with Crippen LogP contribution in [0, 0.1) is 12.8 Å². The second-order valence-electron chi connectivity index (χ2n) is 7.00. The maximum absolute atomic E-state index is 12.5. The van der Waals surface area contributed by atoms with Gasteiger partial charge in [-0.3, -0.25) is 18.8 Å². The highest BCUT2D eigenvalue weighted by atomic mass is 35.5. The molecule has 1 aliphatic heterocycles. The molecule has 0 aliphatic carbocycles. The zero-order valence-corrected chi connectivity index (χ0v) is 17.3. The van der Waals surface area contributed by atoms with Gasteiger partial charge in [-0.2, -0.15) is 0 Å². The van der Waals surface area contributed by atoms with Crippen LogP contribution in [0.3, 0.4) is 0 Å². The number of hydrogen-bond donors (Lipinski definition) is 1. The van der Waals surface area contributed by atoms with Gasteiger partial charge < -0.3 is 10.2 Å². The van der Waals surface area contributed by atoms with Crippen LogP contribution >= 0.6 is 22.9 Å². The Labute approximate surface area is 175 Å². The SMILES string of the molecule is Cc1cc(=O)n2c(CCNC(=O)C3CC(=O)N(c4ccc(Cl)cc4)C3)csc2n1. The maximum Gasteiger partial charge on any atom is 0.258 e. The number of nitrogens with zero attached hydrogens (tertiary/aromatic N) is 3. The molecule has 1 fully saturated rings. The first-order valence-electron chi connectivity index (χ1n) is 9.23. The number of fused-ring (bicyclic) bond motifs is 1. The summed E-state index contributed by atoms with van der Waals surface area (Å²) in [5.41, 5.74) is 2.12. The van der Waals surface area contributed by atoms with Crippen LogP contribution in [0.25, 0.3) is 4.96 Å². The number of hydrogen-bond acceptors (Lipinski definition) is 5. The number of aromatic nitrogens is 2.